The molecule has 17 heavy (non-hydrogen) atoms. The molecule has 0 aliphatic carbocycles. The minimum atomic E-state index is -2.89. The van der Waals surface area contributed by atoms with Crippen LogP contribution >= 0.6 is 0 Å². The van der Waals surface area contributed by atoms with Crippen LogP contribution in [0.1, 0.15) is 27.2 Å². The second-order valence-corrected chi connectivity index (χ2v) is 7.65. The highest BCUT2D eigenvalue weighted by Crippen LogP contribution is 2.25. The molecule has 5 heteroatoms. The molecule has 1 rings (SSSR count). The molecule has 0 aromatic rings. The fraction of sp³-hybridized carbons (Fsp3) is 1.00. The first kappa shape index (κ1) is 14.9. The standard InChI is InChI=1S/C12H26N2O2S/c1-9(8-17(5,15)16)14-7-6-12(13-4)10(2)11(14)3/h9-13H,6-8H2,1-5H3. The van der Waals surface area contributed by atoms with Gasteiger partial charge in [0.25, 0.3) is 0 Å². The van der Waals surface area contributed by atoms with Gasteiger partial charge in [-0.15, -0.1) is 0 Å². The van der Waals surface area contributed by atoms with Crippen LogP contribution in [0.15, 0.2) is 0 Å². The van der Waals surface area contributed by atoms with E-state index in [-0.39, 0.29) is 11.8 Å². The van der Waals surface area contributed by atoms with Crippen molar-refractivity contribution >= 4 is 9.84 Å². The molecular weight excluding hydrogens is 236 g/mol. The molecule has 4 atom stereocenters. The molecule has 1 N–H and O–H groups in total. The smallest absolute Gasteiger partial charge is 0.148 e. The lowest BCUT2D eigenvalue weighted by molar-refractivity contribution is 0.0624. The number of nitrogens with one attached hydrogen (secondary N) is 1. The Bertz CT molecular complexity index is 342. The van der Waals surface area contributed by atoms with Crippen LogP contribution in [0.3, 0.4) is 0 Å². The number of hydrogen-bond acceptors (Lipinski definition) is 4. The van der Waals surface area contributed by atoms with Crippen molar-refractivity contribution in [2.24, 2.45) is 5.92 Å². The zero-order valence-electron chi connectivity index (χ0n) is 11.6. The largest absolute Gasteiger partial charge is 0.317 e. The van der Waals surface area contributed by atoms with E-state index >= 15 is 0 Å². The number of likely N-dealkylation sites (tertiary alicyclic amines) is 1. The Balaban J connectivity index is 2.67. The first-order valence-corrected chi connectivity index (χ1v) is 8.43. The van der Waals surface area contributed by atoms with Crippen LogP contribution in [0, 0.1) is 5.92 Å². The van der Waals surface area contributed by atoms with E-state index in [1.165, 1.54) is 6.26 Å². The molecule has 0 spiro atoms. The lowest BCUT2D eigenvalue weighted by atomic mass is 9.86. The average Bonchev–Trinajstić information content (AvgIpc) is 2.19. The Morgan fingerprint density at radius 2 is 2.00 bits per heavy atom. The third kappa shape index (κ3) is 3.93. The van der Waals surface area contributed by atoms with Gasteiger partial charge in [0.2, 0.25) is 0 Å². The maximum absolute atomic E-state index is 11.4. The molecule has 0 bridgehead atoms. The molecule has 1 fully saturated rings. The van der Waals surface area contributed by atoms with Crippen LogP contribution in [0.2, 0.25) is 0 Å². The topological polar surface area (TPSA) is 49.4 Å². The third-order valence-corrected chi connectivity index (χ3v) is 5.19. The van der Waals surface area contributed by atoms with Gasteiger partial charge in [0, 0.05) is 30.9 Å². The van der Waals surface area contributed by atoms with E-state index in [1.807, 2.05) is 14.0 Å². The summed E-state index contributed by atoms with van der Waals surface area (Å²) in [5, 5.41) is 3.35. The second-order valence-electron chi connectivity index (χ2n) is 5.46. The van der Waals surface area contributed by atoms with Gasteiger partial charge >= 0.3 is 0 Å². The molecule has 102 valence electrons. The molecule has 4 nitrogen and oxygen atoms in total. The maximum atomic E-state index is 11.4. The Hall–Kier alpha value is -0.130. The van der Waals surface area contributed by atoms with Crippen molar-refractivity contribution in [2.75, 3.05) is 25.6 Å². The zero-order chi connectivity index (χ0) is 13.2. The van der Waals surface area contributed by atoms with Crippen LogP contribution in [0.4, 0.5) is 0 Å². The van der Waals surface area contributed by atoms with Crippen LogP contribution in [-0.4, -0.2) is 57.0 Å². The molecule has 1 aliphatic heterocycles. The highest BCUT2D eigenvalue weighted by atomic mass is 32.2. The number of nitrogens with zero attached hydrogens (tertiary/aromatic N) is 1. The van der Waals surface area contributed by atoms with Gasteiger partial charge in [-0.1, -0.05) is 6.92 Å². The van der Waals surface area contributed by atoms with Crippen molar-refractivity contribution in [2.45, 2.75) is 45.3 Å². The summed E-state index contributed by atoms with van der Waals surface area (Å²) in [5.41, 5.74) is 0. The summed E-state index contributed by atoms with van der Waals surface area (Å²) >= 11 is 0. The van der Waals surface area contributed by atoms with Gasteiger partial charge in [-0.05, 0) is 33.2 Å². The summed E-state index contributed by atoms with van der Waals surface area (Å²) in [6.07, 6.45) is 2.41. The monoisotopic (exact) mass is 262 g/mol. The molecule has 1 aliphatic rings. The fourth-order valence-electron chi connectivity index (χ4n) is 2.96. The average molecular weight is 262 g/mol. The fourth-order valence-corrected chi connectivity index (χ4v) is 4.02. The quantitative estimate of drug-likeness (QED) is 0.812. The predicted octanol–water partition coefficient (Wildman–Crippen LogP) is 0.738. The van der Waals surface area contributed by atoms with Gasteiger partial charge in [0.05, 0.1) is 5.75 Å². The van der Waals surface area contributed by atoms with Gasteiger partial charge in [-0.25, -0.2) is 8.42 Å². The Kier molecular flexibility index (Phi) is 4.98. The van der Waals surface area contributed by atoms with Crippen LogP contribution in [0.25, 0.3) is 0 Å². The van der Waals surface area contributed by atoms with Crippen molar-refractivity contribution in [1.29, 1.82) is 0 Å². The molecular formula is C12H26N2O2S. The van der Waals surface area contributed by atoms with E-state index in [9.17, 15) is 8.42 Å². The molecule has 1 heterocycles. The highest BCUT2D eigenvalue weighted by Gasteiger charge is 2.34. The second kappa shape index (κ2) is 5.67. The number of rotatable bonds is 4. The molecule has 0 aromatic carbocycles. The van der Waals surface area contributed by atoms with E-state index in [4.69, 9.17) is 0 Å². The SMILES string of the molecule is CNC1CCN(C(C)CS(C)(=O)=O)C(C)C1C. The molecule has 0 aromatic heterocycles. The van der Waals surface area contributed by atoms with E-state index in [0.29, 0.717) is 18.0 Å². The summed E-state index contributed by atoms with van der Waals surface area (Å²) in [6, 6.07) is 1.09. The molecule has 0 saturated carbocycles. The summed E-state index contributed by atoms with van der Waals surface area (Å²) < 4.78 is 22.7. The first-order valence-electron chi connectivity index (χ1n) is 6.37. The van der Waals surface area contributed by atoms with Gasteiger partial charge in [0.1, 0.15) is 9.84 Å². The molecule has 1 saturated heterocycles. The molecule has 4 unspecified atom stereocenters. The highest BCUT2D eigenvalue weighted by molar-refractivity contribution is 7.90. The Morgan fingerprint density at radius 1 is 1.41 bits per heavy atom. The minimum absolute atomic E-state index is 0.111. The van der Waals surface area contributed by atoms with Crippen molar-refractivity contribution in [3.05, 3.63) is 0 Å². The number of piperidine rings is 1. The predicted molar refractivity (Wildman–Crippen MR) is 72.0 cm³/mol. The normalized spacial score (nSPS) is 33.6. The van der Waals surface area contributed by atoms with Gasteiger partial charge in [0.15, 0.2) is 0 Å². The Morgan fingerprint density at radius 3 is 2.47 bits per heavy atom. The van der Waals surface area contributed by atoms with Gasteiger partial charge in [-0.3, -0.25) is 4.90 Å². The summed E-state index contributed by atoms with van der Waals surface area (Å²) in [6.45, 7) is 7.44. The van der Waals surface area contributed by atoms with E-state index in [1.54, 1.807) is 0 Å². The van der Waals surface area contributed by atoms with Crippen LogP contribution in [0.5, 0.6) is 0 Å². The van der Waals surface area contributed by atoms with E-state index in [0.717, 1.165) is 13.0 Å². The summed E-state index contributed by atoms with van der Waals surface area (Å²) in [4.78, 5) is 2.33. The van der Waals surface area contributed by atoms with Crippen molar-refractivity contribution in [1.82, 2.24) is 10.2 Å². The lowest BCUT2D eigenvalue weighted by Gasteiger charge is -2.45. The maximum Gasteiger partial charge on any atom is 0.148 e. The van der Waals surface area contributed by atoms with Crippen molar-refractivity contribution < 1.29 is 8.42 Å². The van der Waals surface area contributed by atoms with Gasteiger partial charge < -0.3 is 5.32 Å². The van der Waals surface area contributed by atoms with E-state index < -0.39 is 9.84 Å². The zero-order valence-corrected chi connectivity index (χ0v) is 12.4. The number of hydrogen-bond donors (Lipinski definition) is 1. The van der Waals surface area contributed by atoms with E-state index in [2.05, 4.69) is 24.1 Å². The minimum Gasteiger partial charge on any atom is -0.317 e. The number of sulfone groups is 1. The molecule has 0 radical (unpaired) electrons. The first-order chi connectivity index (χ1) is 7.76. The molecule has 0 amide bonds. The Labute approximate surface area is 106 Å². The summed E-state index contributed by atoms with van der Waals surface area (Å²) in [7, 11) is -0.887. The summed E-state index contributed by atoms with van der Waals surface area (Å²) in [5.74, 6) is 0.810. The van der Waals surface area contributed by atoms with Crippen LogP contribution < -0.4 is 5.32 Å². The van der Waals surface area contributed by atoms with Crippen LogP contribution in [-0.2, 0) is 9.84 Å². The third-order valence-electron chi connectivity index (χ3n) is 4.10. The van der Waals surface area contributed by atoms with Crippen molar-refractivity contribution in [3.63, 3.8) is 0 Å². The lowest BCUT2D eigenvalue weighted by Crippen LogP contribution is -2.56. The van der Waals surface area contributed by atoms with Crippen molar-refractivity contribution in [3.8, 4) is 0 Å². The van der Waals surface area contributed by atoms with Gasteiger partial charge in [-0.2, -0.15) is 0 Å².